The van der Waals surface area contributed by atoms with Crippen molar-refractivity contribution in [2.24, 2.45) is 0 Å². The van der Waals surface area contributed by atoms with Gasteiger partial charge in [-0.2, -0.15) is 0 Å². The number of aromatic nitrogens is 1. The van der Waals surface area contributed by atoms with Crippen molar-refractivity contribution in [3.05, 3.63) is 47.5 Å². The Morgan fingerprint density at radius 1 is 1.15 bits per heavy atom. The number of aliphatic carboxylic acids is 1. The summed E-state index contributed by atoms with van der Waals surface area (Å²) < 4.78 is 10.9. The number of ether oxygens (including phenoxy) is 2. The van der Waals surface area contributed by atoms with E-state index in [9.17, 15) is 9.90 Å². The molecule has 27 heavy (non-hydrogen) atoms. The summed E-state index contributed by atoms with van der Waals surface area (Å²) in [6.07, 6.45) is 0.959. The van der Waals surface area contributed by atoms with Gasteiger partial charge in [-0.25, -0.2) is 0 Å². The highest BCUT2D eigenvalue weighted by Crippen LogP contribution is 2.39. The van der Waals surface area contributed by atoms with E-state index in [0.29, 0.717) is 17.4 Å². The molecule has 3 aromatic rings. The van der Waals surface area contributed by atoms with Crippen molar-refractivity contribution in [2.75, 3.05) is 14.2 Å². The van der Waals surface area contributed by atoms with Gasteiger partial charge >= 0.3 is 5.97 Å². The Labute approximate surface area is 158 Å². The highest BCUT2D eigenvalue weighted by Gasteiger charge is 2.20. The number of nitrogens with one attached hydrogen (secondary N) is 1. The first-order chi connectivity index (χ1) is 13.0. The fourth-order valence-corrected chi connectivity index (χ4v) is 3.38. The maximum atomic E-state index is 11.6. The summed E-state index contributed by atoms with van der Waals surface area (Å²) in [7, 11) is 3.21. The van der Waals surface area contributed by atoms with Gasteiger partial charge in [0, 0.05) is 16.5 Å². The Hall–Kier alpha value is -2.95. The zero-order valence-corrected chi connectivity index (χ0v) is 16.1. The predicted molar refractivity (Wildman–Crippen MR) is 107 cm³/mol. The minimum absolute atomic E-state index is 0.0698. The molecular weight excluding hydrogens is 342 g/mol. The van der Waals surface area contributed by atoms with E-state index in [1.807, 2.05) is 24.3 Å². The Balaban J connectivity index is 2.28. The van der Waals surface area contributed by atoms with Crippen molar-refractivity contribution in [1.29, 1.82) is 0 Å². The third-order valence-electron chi connectivity index (χ3n) is 5.12. The van der Waals surface area contributed by atoms with Crippen LogP contribution in [0, 0.1) is 0 Å². The number of benzene rings is 2. The smallest absolute Gasteiger partial charge is 0.307 e. The summed E-state index contributed by atoms with van der Waals surface area (Å²) in [4.78, 5) is 15.0. The van der Waals surface area contributed by atoms with Crippen molar-refractivity contribution < 1.29 is 19.4 Å². The largest absolute Gasteiger partial charge is 0.497 e. The molecule has 0 radical (unpaired) electrons. The Morgan fingerprint density at radius 2 is 1.93 bits per heavy atom. The molecule has 0 aliphatic heterocycles. The van der Waals surface area contributed by atoms with E-state index in [0.717, 1.165) is 34.1 Å². The quantitative estimate of drug-likeness (QED) is 0.617. The van der Waals surface area contributed by atoms with Crippen LogP contribution in [0.5, 0.6) is 11.5 Å². The first-order valence-electron chi connectivity index (χ1n) is 9.07. The molecule has 2 aromatic carbocycles. The lowest BCUT2D eigenvalue weighted by molar-refractivity contribution is -0.136. The lowest BCUT2D eigenvalue weighted by Gasteiger charge is -2.11. The molecule has 1 heterocycles. The summed E-state index contributed by atoms with van der Waals surface area (Å²) in [6, 6.07) is 11.7. The fourth-order valence-electron chi connectivity index (χ4n) is 3.38. The molecule has 1 unspecified atom stereocenters. The van der Waals surface area contributed by atoms with Crippen molar-refractivity contribution in [2.45, 2.75) is 32.6 Å². The van der Waals surface area contributed by atoms with Crippen molar-refractivity contribution in [3.8, 4) is 22.8 Å². The normalized spacial score (nSPS) is 12.1. The third-order valence-corrected chi connectivity index (χ3v) is 5.12. The molecule has 5 nitrogen and oxygen atoms in total. The van der Waals surface area contributed by atoms with Crippen LogP contribution in [-0.4, -0.2) is 30.3 Å². The number of aromatic amines is 1. The molecule has 5 heteroatoms. The molecule has 0 aliphatic rings. The van der Waals surface area contributed by atoms with Gasteiger partial charge in [-0.15, -0.1) is 0 Å². The van der Waals surface area contributed by atoms with Crippen LogP contribution in [0.3, 0.4) is 0 Å². The maximum Gasteiger partial charge on any atom is 0.307 e. The standard InChI is InChI=1S/C22H25NO4/c1-5-13(2)14-6-8-19-16(10-14)17(12-21(24)25)22(23-19)18-11-15(26-3)7-9-20(18)27-4/h6-11,13,23H,5,12H2,1-4H3,(H,24,25). The minimum Gasteiger partial charge on any atom is -0.497 e. The highest BCUT2D eigenvalue weighted by molar-refractivity contribution is 5.95. The Bertz CT molecular complexity index is 974. The molecule has 0 fully saturated rings. The van der Waals surface area contributed by atoms with Crippen LogP contribution in [0.1, 0.15) is 37.3 Å². The molecular formula is C22H25NO4. The van der Waals surface area contributed by atoms with Gasteiger partial charge in [-0.1, -0.05) is 19.9 Å². The number of carbonyl (C=O) groups is 1. The highest BCUT2D eigenvalue weighted by atomic mass is 16.5. The summed E-state index contributed by atoms with van der Waals surface area (Å²) in [5.41, 5.74) is 4.42. The second kappa shape index (κ2) is 7.74. The maximum absolute atomic E-state index is 11.6. The van der Waals surface area contributed by atoms with E-state index in [-0.39, 0.29) is 6.42 Å². The van der Waals surface area contributed by atoms with Gasteiger partial charge in [0.05, 0.1) is 26.3 Å². The van der Waals surface area contributed by atoms with E-state index in [2.05, 4.69) is 31.0 Å². The summed E-state index contributed by atoms with van der Waals surface area (Å²) >= 11 is 0. The topological polar surface area (TPSA) is 71.5 Å². The van der Waals surface area contributed by atoms with Gasteiger partial charge < -0.3 is 19.6 Å². The number of carboxylic acids is 1. The first-order valence-corrected chi connectivity index (χ1v) is 9.07. The van der Waals surface area contributed by atoms with Crippen LogP contribution in [0.15, 0.2) is 36.4 Å². The average molecular weight is 367 g/mol. The molecule has 1 atom stereocenters. The second-order valence-electron chi connectivity index (χ2n) is 6.73. The van der Waals surface area contributed by atoms with Gasteiger partial charge in [0.15, 0.2) is 0 Å². The van der Waals surface area contributed by atoms with Crippen LogP contribution in [0.2, 0.25) is 0 Å². The summed E-state index contributed by atoms with van der Waals surface area (Å²) in [5, 5.41) is 10.4. The molecule has 0 saturated carbocycles. The second-order valence-corrected chi connectivity index (χ2v) is 6.73. The van der Waals surface area contributed by atoms with Gasteiger partial charge in [-0.3, -0.25) is 4.79 Å². The Morgan fingerprint density at radius 3 is 2.56 bits per heavy atom. The fraction of sp³-hybridized carbons (Fsp3) is 0.318. The molecule has 3 rings (SSSR count). The van der Waals surface area contributed by atoms with Crippen LogP contribution in [0.4, 0.5) is 0 Å². The van der Waals surface area contributed by atoms with Gasteiger partial charge in [0.2, 0.25) is 0 Å². The molecule has 2 N–H and O–H groups in total. The van der Waals surface area contributed by atoms with Crippen molar-refractivity contribution in [3.63, 3.8) is 0 Å². The lowest BCUT2D eigenvalue weighted by atomic mass is 9.95. The number of fused-ring (bicyclic) bond motifs is 1. The molecule has 0 aliphatic carbocycles. The van der Waals surface area contributed by atoms with E-state index < -0.39 is 5.97 Å². The summed E-state index contributed by atoms with van der Waals surface area (Å²) in [5.74, 6) is 0.895. The number of rotatable bonds is 7. The van der Waals surface area contributed by atoms with E-state index >= 15 is 0 Å². The average Bonchev–Trinajstić information content (AvgIpc) is 3.03. The van der Waals surface area contributed by atoms with Gasteiger partial charge in [-0.05, 0) is 53.8 Å². The van der Waals surface area contributed by atoms with Gasteiger partial charge in [0.1, 0.15) is 11.5 Å². The number of hydrogen-bond acceptors (Lipinski definition) is 3. The first kappa shape index (κ1) is 18.8. The van der Waals surface area contributed by atoms with Crippen LogP contribution >= 0.6 is 0 Å². The number of methoxy groups -OCH3 is 2. The zero-order valence-electron chi connectivity index (χ0n) is 16.1. The minimum atomic E-state index is -0.868. The van der Waals surface area contributed by atoms with E-state index in [4.69, 9.17) is 9.47 Å². The third kappa shape index (κ3) is 3.63. The molecule has 0 bridgehead atoms. The summed E-state index contributed by atoms with van der Waals surface area (Å²) in [6.45, 7) is 4.33. The SMILES string of the molecule is CCC(C)c1ccc2[nH]c(-c3cc(OC)ccc3OC)c(CC(=O)O)c2c1. The van der Waals surface area contributed by atoms with Crippen molar-refractivity contribution in [1.82, 2.24) is 4.98 Å². The van der Waals surface area contributed by atoms with Crippen LogP contribution < -0.4 is 9.47 Å². The van der Waals surface area contributed by atoms with Crippen LogP contribution in [0.25, 0.3) is 22.2 Å². The number of H-pyrrole nitrogens is 1. The van der Waals surface area contributed by atoms with Gasteiger partial charge in [0.25, 0.3) is 0 Å². The Kier molecular flexibility index (Phi) is 5.40. The molecule has 0 spiro atoms. The molecule has 1 aromatic heterocycles. The molecule has 0 saturated heterocycles. The lowest BCUT2D eigenvalue weighted by Crippen LogP contribution is -2.02. The van der Waals surface area contributed by atoms with E-state index in [1.54, 1.807) is 14.2 Å². The van der Waals surface area contributed by atoms with Crippen LogP contribution in [-0.2, 0) is 11.2 Å². The van der Waals surface area contributed by atoms with Crippen molar-refractivity contribution >= 4 is 16.9 Å². The predicted octanol–water partition coefficient (Wildman–Crippen LogP) is 4.99. The molecule has 0 amide bonds. The monoisotopic (exact) mass is 367 g/mol. The number of hydrogen-bond donors (Lipinski definition) is 2. The van der Waals surface area contributed by atoms with E-state index in [1.165, 1.54) is 5.56 Å². The number of carboxylic acid groups (broad SMARTS) is 1. The zero-order chi connectivity index (χ0) is 19.6. The molecule has 142 valence electrons.